The molecule has 0 fully saturated rings. The molecule has 0 saturated carbocycles. The van der Waals surface area contributed by atoms with E-state index in [2.05, 4.69) is 20.4 Å². The predicted octanol–water partition coefficient (Wildman–Crippen LogP) is 2.19. The van der Waals surface area contributed by atoms with Crippen molar-refractivity contribution in [3.05, 3.63) is 63.5 Å². The first-order chi connectivity index (χ1) is 15.4. The molecule has 3 aromatic rings. The SMILES string of the molecule is CCOc1ccc(NC(=O)/C(=N\N)C(C(=O)OC)c2nc3ccc(Cl)cc3[nH]c2=O)cc1. The molecule has 1 unspecified atom stereocenters. The van der Waals surface area contributed by atoms with Crippen LogP contribution in [0.25, 0.3) is 11.0 Å². The minimum atomic E-state index is -1.56. The molecule has 0 aliphatic carbocycles. The Hall–Kier alpha value is -3.92. The molecule has 1 amide bonds. The van der Waals surface area contributed by atoms with Gasteiger partial charge in [0.2, 0.25) is 0 Å². The Labute approximate surface area is 187 Å². The van der Waals surface area contributed by atoms with Gasteiger partial charge in [0.15, 0.2) is 5.92 Å². The number of fused-ring (bicyclic) bond motifs is 1. The van der Waals surface area contributed by atoms with E-state index in [0.717, 1.165) is 7.11 Å². The number of halogens is 1. The van der Waals surface area contributed by atoms with E-state index in [1.165, 1.54) is 6.07 Å². The number of carbonyl (C=O) groups excluding carboxylic acids is 2. The number of carbonyl (C=O) groups is 2. The molecule has 0 aliphatic heterocycles. The first-order valence-electron chi connectivity index (χ1n) is 9.47. The van der Waals surface area contributed by atoms with Crippen LogP contribution in [0, 0.1) is 0 Å². The molecule has 4 N–H and O–H groups in total. The van der Waals surface area contributed by atoms with Crippen molar-refractivity contribution >= 4 is 45.9 Å². The number of anilines is 1. The largest absolute Gasteiger partial charge is 0.494 e. The van der Waals surface area contributed by atoms with Crippen molar-refractivity contribution in [3.8, 4) is 5.75 Å². The summed E-state index contributed by atoms with van der Waals surface area (Å²) in [5.74, 6) is 2.78. The summed E-state index contributed by atoms with van der Waals surface area (Å²) >= 11 is 5.94. The molecule has 0 saturated heterocycles. The molecule has 0 bridgehead atoms. The zero-order chi connectivity index (χ0) is 23.3. The number of benzene rings is 2. The average molecular weight is 458 g/mol. The summed E-state index contributed by atoms with van der Waals surface area (Å²) in [7, 11) is 1.11. The van der Waals surface area contributed by atoms with Gasteiger partial charge in [-0.1, -0.05) is 11.6 Å². The van der Waals surface area contributed by atoms with Crippen LogP contribution in [0.4, 0.5) is 5.69 Å². The lowest BCUT2D eigenvalue weighted by atomic mass is 9.98. The molecule has 1 atom stereocenters. The van der Waals surface area contributed by atoms with E-state index < -0.39 is 29.1 Å². The van der Waals surface area contributed by atoms with Crippen LogP contribution in [-0.2, 0) is 14.3 Å². The Kier molecular flexibility index (Phi) is 7.06. The summed E-state index contributed by atoms with van der Waals surface area (Å²) < 4.78 is 10.2. The molecular weight excluding hydrogens is 438 g/mol. The fourth-order valence-electron chi connectivity index (χ4n) is 3.00. The second-order valence-electron chi connectivity index (χ2n) is 6.49. The Morgan fingerprint density at radius 1 is 1.25 bits per heavy atom. The molecule has 3 rings (SSSR count). The van der Waals surface area contributed by atoms with Crippen LogP contribution in [0.3, 0.4) is 0 Å². The van der Waals surface area contributed by atoms with Crippen LogP contribution < -0.4 is 21.5 Å². The van der Waals surface area contributed by atoms with E-state index in [9.17, 15) is 14.4 Å². The average Bonchev–Trinajstić information content (AvgIpc) is 2.78. The van der Waals surface area contributed by atoms with Crippen LogP contribution in [-0.4, -0.2) is 41.3 Å². The molecule has 1 aromatic heterocycles. The number of nitrogens with zero attached hydrogens (tertiary/aromatic N) is 2. The first kappa shape index (κ1) is 22.8. The van der Waals surface area contributed by atoms with E-state index >= 15 is 0 Å². The highest BCUT2D eigenvalue weighted by Crippen LogP contribution is 2.21. The Bertz CT molecular complexity index is 1240. The summed E-state index contributed by atoms with van der Waals surface area (Å²) in [6.45, 7) is 2.35. The van der Waals surface area contributed by atoms with Gasteiger partial charge in [0.1, 0.15) is 17.2 Å². The van der Waals surface area contributed by atoms with Gasteiger partial charge in [-0.05, 0) is 49.4 Å². The number of H-pyrrole nitrogens is 1. The van der Waals surface area contributed by atoms with Crippen molar-refractivity contribution in [3.63, 3.8) is 0 Å². The standard InChI is InChI=1S/C21H20ClN5O5/c1-3-32-13-7-5-12(6-8-13)24-20(29)18(27-23)16(21(30)31-2)17-19(28)26-15-10-11(22)4-9-14(15)25-17/h4-10,16H,3,23H2,1-2H3,(H,24,29)(H,26,28)/b27-18-. The third kappa shape index (κ3) is 4.86. The highest BCUT2D eigenvalue weighted by atomic mass is 35.5. The summed E-state index contributed by atoms with van der Waals surface area (Å²) in [6.07, 6.45) is 0. The van der Waals surface area contributed by atoms with Gasteiger partial charge >= 0.3 is 5.97 Å². The van der Waals surface area contributed by atoms with Gasteiger partial charge in [0.25, 0.3) is 11.5 Å². The monoisotopic (exact) mass is 457 g/mol. The van der Waals surface area contributed by atoms with Crippen LogP contribution in [0.2, 0.25) is 5.02 Å². The lowest BCUT2D eigenvalue weighted by Gasteiger charge is -2.16. The minimum Gasteiger partial charge on any atom is -0.494 e. The van der Waals surface area contributed by atoms with Crippen molar-refractivity contribution in [2.45, 2.75) is 12.8 Å². The summed E-state index contributed by atoms with van der Waals surface area (Å²) in [6, 6.07) is 11.2. The molecule has 2 aromatic carbocycles. The molecule has 32 heavy (non-hydrogen) atoms. The Morgan fingerprint density at radius 2 is 1.97 bits per heavy atom. The van der Waals surface area contributed by atoms with Gasteiger partial charge in [0.05, 0.1) is 24.8 Å². The van der Waals surface area contributed by atoms with Gasteiger partial charge < -0.3 is 25.6 Å². The number of hydrogen-bond acceptors (Lipinski definition) is 8. The van der Waals surface area contributed by atoms with E-state index in [4.69, 9.17) is 26.9 Å². The minimum absolute atomic E-state index is 0.294. The number of nitrogens with one attached hydrogen (secondary N) is 2. The van der Waals surface area contributed by atoms with E-state index in [-0.39, 0.29) is 5.69 Å². The van der Waals surface area contributed by atoms with Gasteiger partial charge in [0, 0.05) is 10.7 Å². The highest BCUT2D eigenvalue weighted by molar-refractivity contribution is 6.47. The second kappa shape index (κ2) is 9.92. The molecule has 1 heterocycles. The third-order valence-electron chi connectivity index (χ3n) is 4.46. The molecule has 11 heteroatoms. The molecular formula is C21H20ClN5O5. The van der Waals surface area contributed by atoms with Crippen molar-refractivity contribution < 1.29 is 19.1 Å². The third-order valence-corrected chi connectivity index (χ3v) is 4.69. The quantitative estimate of drug-likeness (QED) is 0.213. The number of ether oxygens (including phenoxy) is 2. The zero-order valence-electron chi connectivity index (χ0n) is 17.2. The molecule has 166 valence electrons. The van der Waals surface area contributed by atoms with E-state index in [1.54, 1.807) is 36.4 Å². The molecule has 0 aliphatic rings. The maximum Gasteiger partial charge on any atom is 0.321 e. The zero-order valence-corrected chi connectivity index (χ0v) is 18.0. The van der Waals surface area contributed by atoms with Gasteiger partial charge in [-0.3, -0.25) is 14.4 Å². The maximum absolute atomic E-state index is 12.9. The first-order valence-corrected chi connectivity index (χ1v) is 9.85. The smallest absolute Gasteiger partial charge is 0.321 e. The fourth-order valence-corrected chi connectivity index (χ4v) is 3.17. The number of methoxy groups -OCH3 is 1. The second-order valence-corrected chi connectivity index (χ2v) is 6.93. The number of hydrazone groups is 1. The van der Waals surface area contributed by atoms with Gasteiger partial charge in [-0.15, -0.1) is 0 Å². The van der Waals surface area contributed by atoms with Crippen molar-refractivity contribution in [2.75, 3.05) is 19.0 Å². The van der Waals surface area contributed by atoms with Crippen LogP contribution >= 0.6 is 11.6 Å². The van der Waals surface area contributed by atoms with Crippen molar-refractivity contribution in [2.24, 2.45) is 10.9 Å². The van der Waals surface area contributed by atoms with Gasteiger partial charge in [-0.25, -0.2) is 4.98 Å². The molecule has 0 spiro atoms. The lowest BCUT2D eigenvalue weighted by molar-refractivity contribution is -0.141. The summed E-state index contributed by atoms with van der Waals surface area (Å²) in [5.41, 5.74) is -0.348. The number of rotatable bonds is 7. The number of aromatic nitrogens is 2. The number of hydrogen-bond donors (Lipinski definition) is 3. The summed E-state index contributed by atoms with van der Waals surface area (Å²) in [5, 5.41) is 6.46. The Morgan fingerprint density at radius 3 is 2.59 bits per heavy atom. The fraction of sp³-hybridized carbons (Fsp3) is 0.190. The van der Waals surface area contributed by atoms with E-state index in [1.807, 2.05) is 6.92 Å². The maximum atomic E-state index is 12.9. The topological polar surface area (TPSA) is 149 Å². The molecule has 0 radical (unpaired) electrons. The van der Waals surface area contributed by atoms with Crippen LogP contribution in [0.5, 0.6) is 5.75 Å². The lowest BCUT2D eigenvalue weighted by Crippen LogP contribution is -2.38. The number of esters is 1. The Balaban J connectivity index is 1.98. The van der Waals surface area contributed by atoms with Gasteiger partial charge in [-0.2, -0.15) is 5.10 Å². The normalized spacial score (nSPS) is 12.3. The number of aromatic amines is 1. The number of amides is 1. The highest BCUT2D eigenvalue weighted by Gasteiger charge is 2.36. The summed E-state index contributed by atoms with van der Waals surface area (Å²) in [4.78, 5) is 45.0. The molecule has 10 nitrogen and oxygen atoms in total. The van der Waals surface area contributed by atoms with Crippen molar-refractivity contribution in [1.82, 2.24) is 9.97 Å². The number of nitrogens with two attached hydrogens (primary N) is 1. The van der Waals surface area contributed by atoms with Crippen LogP contribution in [0.1, 0.15) is 18.5 Å². The predicted molar refractivity (Wildman–Crippen MR) is 120 cm³/mol. The van der Waals surface area contributed by atoms with Crippen molar-refractivity contribution in [1.29, 1.82) is 0 Å². The van der Waals surface area contributed by atoms with Crippen LogP contribution in [0.15, 0.2) is 52.4 Å². The van der Waals surface area contributed by atoms with E-state index in [0.29, 0.717) is 34.1 Å².